The number of carbonyl (C=O) groups excluding carboxylic acids is 1. The van der Waals surface area contributed by atoms with Crippen LogP contribution in [-0.2, 0) is 13.0 Å². The van der Waals surface area contributed by atoms with Crippen molar-refractivity contribution in [1.82, 2.24) is 9.47 Å². The van der Waals surface area contributed by atoms with E-state index in [1.165, 1.54) is 38.2 Å². The highest BCUT2D eigenvalue weighted by Gasteiger charge is 2.33. The van der Waals surface area contributed by atoms with Gasteiger partial charge >= 0.3 is 0 Å². The van der Waals surface area contributed by atoms with Crippen molar-refractivity contribution in [3.63, 3.8) is 0 Å². The molecule has 0 aromatic carbocycles. The monoisotopic (exact) mass is 288 g/mol. The number of piperidine rings is 1. The van der Waals surface area contributed by atoms with Crippen molar-refractivity contribution in [2.75, 3.05) is 19.6 Å². The van der Waals surface area contributed by atoms with Crippen molar-refractivity contribution in [1.29, 1.82) is 0 Å². The third kappa shape index (κ3) is 3.08. The second kappa shape index (κ2) is 5.60. The van der Waals surface area contributed by atoms with Crippen LogP contribution in [0.2, 0.25) is 0 Å². The lowest BCUT2D eigenvalue weighted by molar-refractivity contribution is 0.0909. The number of aromatic nitrogens is 1. The molecule has 3 nitrogen and oxygen atoms in total. The Balaban J connectivity index is 1.72. The Kier molecular flexibility index (Phi) is 3.96. The molecule has 116 valence electrons. The first kappa shape index (κ1) is 14.8. The molecule has 1 aromatic heterocycles. The number of nitrogens with zero attached hydrogens (tertiary/aromatic N) is 2. The van der Waals surface area contributed by atoms with Crippen molar-refractivity contribution >= 4 is 5.78 Å². The molecule has 0 radical (unpaired) electrons. The van der Waals surface area contributed by atoms with Crippen molar-refractivity contribution < 1.29 is 4.79 Å². The minimum Gasteiger partial charge on any atom is -0.350 e. The fourth-order valence-corrected chi connectivity index (χ4v) is 3.94. The van der Waals surface area contributed by atoms with Crippen molar-refractivity contribution in [3.8, 4) is 0 Å². The fraction of sp³-hybridized carbons (Fsp3) is 0.722. The van der Waals surface area contributed by atoms with Crippen LogP contribution in [0.5, 0.6) is 0 Å². The maximum Gasteiger partial charge on any atom is 0.165 e. The summed E-state index contributed by atoms with van der Waals surface area (Å²) < 4.78 is 2.38. The van der Waals surface area contributed by atoms with Crippen molar-refractivity contribution in [3.05, 3.63) is 23.5 Å². The van der Waals surface area contributed by atoms with Crippen molar-refractivity contribution in [2.24, 2.45) is 11.3 Å². The van der Waals surface area contributed by atoms with E-state index in [0.717, 1.165) is 24.4 Å². The number of carbonyl (C=O) groups is 1. The molecule has 3 rings (SSSR count). The molecule has 0 unspecified atom stereocenters. The highest BCUT2D eigenvalue weighted by atomic mass is 16.1. The molecule has 0 saturated carbocycles. The largest absolute Gasteiger partial charge is 0.350 e. The van der Waals surface area contributed by atoms with E-state index >= 15 is 0 Å². The molecule has 1 fully saturated rings. The highest BCUT2D eigenvalue weighted by Crippen LogP contribution is 2.35. The maximum absolute atomic E-state index is 12.3. The number of fused-ring (bicyclic) bond motifs is 1. The highest BCUT2D eigenvalue weighted by molar-refractivity contribution is 5.98. The lowest BCUT2D eigenvalue weighted by atomic mass is 9.76. The van der Waals surface area contributed by atoms with Gasteiger partial charge in [-0.3, -0.25) is 4.79 Å². The average molecular weight is 288 g/mol. The van der Waals surface area contributed by atoms with Gasteiger partial charge in [0.25, 0.3) is 0 Å². The molecule has 2 aliphatic rings. The van der Waals surface area contributed by atoms with Crippen LogP contribution in [0.1, 0.15) is 56.1 Å². The summed E-state index contributed by atoms with van der Waals surface area (Å²) in [4.78, 5) is 14.8. The third-order valence-corrected chi connectivity index (χ3v) is 5.27. The predicted octanol–water partition coefficient (Wildman–Crippen LogP) is 3.38. The fourth-order valence-electron chi connectivity index (χ4n) is 3.94. The average Bonchev–Trinajstić information content (AvgIpc) is 2.81. The molecule has 0 atom stereocenters. The molecular weight excluding hydrogens is 260 g/mol. The zero-order chi connectivity index (χ0) is 15.0. The molecule has 1 aromatic rings. The standard InChI is InChI=1S/C18H28N2O/c1-4-19-8-5-14(6-9-19)13-20-10-7-15-16(20)11-18(2,3)12-17(15)21/h7,10,14H,4-6,8-9,11-13H2,1-3H3. The Morgan fingerprint density at radius 2 is 1.95 bits per heavy atom. The van der Waals surface area contributed by atoms with E-state index in [4.69, 9.17) is 0 Å². The first-order chi connectivity index (χ1) is 9.98. The first-order valence-electron chi connectivity index (χ1n) is 8.42. The van der Waals surface area contributed by atoms with Gasteiger partial charge in [0, 0.05) is 30.4 Å². The molecule has 21 heavy (non-hydrogen) atoms. The lowest BCUT2D eigenvalue weighted by Crippen LogP contribution is -2.35. The molecule has 0 amide bonds. The van der Waals surface area contributed by atoms with E-state index in [1.54, 1.807) is 0 Å². The Hall–Kier alpha value is -1.09. The van der Waals surface area contributed by atoms with Crippen LogP contribution < -0.4 is 0 Å². The van der Waals surface area contributed by atoms with E-state index in [-0.39, 0.29) is 5.41 Å². The summed E-state index contributed by atoms with van der Waals surface area (Å²) in [5.41, 5.74) is 2.39. The predicted molar refractivity (Wildman–Crippen MR) is 85.7 cm³/mol. The van der Waals surface area contributed by atoms with Crippen LogP contribution in [0.25, 0.3) is 0 Å². The van der Waals surface area contributed by atoms with Gasteiger partial charge in [-0.25, -0.2) is 0 Å². The number of ketones is 1. The van der Waals surface area contributed by atoms with E-state index in [9.17, 15) is 4.79 Å². The number of rotatable bonds is 3. The van der Waals surface area contributed by atoms with Gasteiger partial charge in [-0.05, 0) is 56.3 Å². The van der Waals surface area contributed by atoms with Crippen molar-refractivity contribution in [2.45, 2.75) is 53.0 Å². The van der Waals surface area contributed by atoms with Gasteiger partial charge in [0.15, 0.2) is 5.78 Å². The van der Waals surface area contributed by atoms with Gasteiger partial charge < -0.3 is 9.47 Å². The smallest absolute Gasteiger partial charge is 0.165 e. The minimum absolute atomic E-state index is 0.117. The van der Waals surface area contributed by atoms with Gasteiger partial charge in [0.2, 0.25) is 0 Å². The summed E-state index contributed by atoms with van der Waals surface area (Å²) in [6, 6.07) is 2.05. The van der Waals surface area contributed by atoms with Crippen LogP contribution in [0.3, 0.4) is 0 Å². The molecule has 0 bridgehead atoms. The summed E-state index contributed by atoms with van der Waals surface area (Å²) in [5.74, 6) is 1.10. The molecule has 3 heteroatoms. The van der Waals surface area contributed by atoms with Gasteiger partial charge in [0.1, 0.15) is 0 Å². The molecule has 1 aliphatic carbocycles. The zero-order valence-corrected chi connectivity index (χ0v) is 13.7. The van der Waals surface area contributed by atoms with E-state index in [1.807, 2.05) is 6.07 Å². The van der Waals surface area contributed by atoms with Gasteiger partial charge in [-0.2, -0.15) is 0 Å². The summed E-state index contributed by atoms with van der Waals surface area (Å²) in [5, 5.41) is 0. The number of likely N-dealkylation sites (tertiary alicyclic amines) is 1. The Bertz CT molecular complexity index is 521. The summed E-state index contributed by atoms with van der Waals surface area (Å²) in [6.07, 6.45) is 6.46. The Morgan fingerprint density at radius 3 is 2.62 bits per heavy atom. The van der Waals surface area contributed by atoms with Gasteiger partial charge in [-0.15, -0.1) is 0 Å². The molecule has 2 heterocycles. The van der Waals surface area contributed by atoms with E-state index in [0.29, 0.717) is 12.2 Å². The van der Waals surface area contributed by atoms with Crippen LogP contribution in [0.4, 0.5) is 0 Å². The summed E-state index contributed by atoms with van der Waals surface area (Å²) in [7, 11) is 0. The van der Waals surface area contributed by atoms with E-state index in [2.05, 4.69) is 36.4 Å². The molecule has 0 N–H and O–H groups in total. The molecule has 1 saturated heterocycles. The minimum atomic E-state index is 0.117. The second-order valence-electron chi connectivity index (χ2n) is 7.65. The van der Waals surface area contributed by atoms with Crippen LogP contribution in [-0.4, -0.2) is 34.9 Å². The summed E-state index contributed by atoms with van der Waals surface area (Å²) >= 11 is 0. The Labute approximate surface area is 128 Å². The molecular formula is C18H28N2O. The van der Waals surface area contributed by atoms with Gasteiger partial charge in [0.05, 0.1) is 0 Å². The molecule has 1 aliphatic heterocycles. The topological polar surface area (TPSA) is 25.2 Å². The normalized spacial score (nSPS) is 23.3. The first-order valence-corrected chi connectivity index (χ1v) is 8.42. The maximum atomic E-state index is 12.3. The number of hydrogen-bond acceptors (Lipinski definition) is 2. The molecule has 0 spiro atoms. The third-order valence-electron chi connectivity index (χ3n) is 5.27. The summed E-state index contributed by atoms with van der Waals surface area (Å²) in [6.45, 7) is 11.4. The SMILES string of the molecule is CCN1CCC(Cn2ccc3c2CC(C)(C)CC3=O)CC1. The second-order valence-corrected chi connectivity index (χ2v) is 7.65. The number of hydrogen-bond donors (Lipinski definition) is 0. The zero-order valence-electron chi connectivity index (χ0n) is 13.7. The Morgan fingerprint density at radius 1 is 1.24 bits per heavy atom. The number of Topliss-reactive ketones (excluding diaryl/α,β-unsaturated/α-hetero) is 1. The van der Waals surface area contributed by atoms with Crippen LogP contribution >= 0.6 is 0 Å². The quantitative estimate of drug-likeness (QED) is 0.852. The lowest BCUT2D eigenvalue weighted by Gasteiger charge is -2.33. The van der Waals surface area contributed by atoms with E-state index < -0.39 is 0 Å². The van der Waals surface area contributed by atoms with Gasteiger partial charge in [-0.1, -0.05) is 20.8 Å². The van der Waals surface area contributed by atoms with Crippen LogP contribution in [0, 0.1) is 11.3 Å². The van der Waals surface area contributed by atoms with Crippen LogP contribution in [0.15, 0.2) is 12.3 Å².